The number of amides is 2. The summed E-state index contributed by atoms with van der Waals surface area (Å²) >= 11 is 0. The molecule has 0 atom stereocenters. The first-order valence-corrected chi connectivity index (χ1v) is 10.5. The Balaban J connectivity index is 1.40. The van der Waals surface area contributed by atoms with Gasteiger partial charge in [-0.05, 0) is 49.1 Å². The van der Waals surface area contributed by atoms with Crippen LogP contribution < -0.4 is 5.32 Å². The van der Waals surface area contributed by atoms with Crippen LogP contribution in [0.15, 0.2) is 22.8 Å². The van der Waals surface area contributed by atoms with E-state index in [0.717, 1.165) is 44.5 Å². The predicted molar refractivity (Wildman–Crippen MR) is 106 cm³/mol. The first-order valence-electron chi connectivity index (χ1n) is 10.5. The molecule has 0 aliphatic carbocycles. The van der Waals surface area contributed by atoms with E-state index in [1.807, 2.05) is 9.47 Å². The SMILES string of the molecule is CC(C)CCNC(=O)c1nnc2n1CC1(CC2)CCN(C(=O)c2ccco2)CC1. The van der Waals surface area contributed by atoms with Gasteiger partial charge in [0.25, 0.3) is 11.8 Å². The van der Waals surface area contributed by atoms with Gasteiger partial charge in [-0.2, -0.15) is 0 Å². The molecule has 0 saturated carbocycles. The number of aromatic nitrogens is 3. The lowest BCUT2D eigenvalue weighted by Crippen LogP contribution is -2.47. The Kier molecular flexibility index (Phi) is 5.43. The van der Waals surface area contributed by atoms with Gasteiger partial charge in [-0.3, -0.25) is 9.59 Å². The van der Waals surface area contributed by atoms with E-state index in [2.05, 4.69) is 29.4 Å². The minimum Gasteiger partial charge on any atom is -0.459 e. The van der Waals surface area contributed by atoms with Crippen LogP contribution in [-0.4, -0.2) is 51.1 Å². The van der Waals surface area contributed by atoms with E-state index in [9.17, 15) is 9.59 Å². The lowest BCUT2D eigenvalue weighted by molar-refractivity contribution is 0.0440. The number of piperidine rings is 1. The highest BCUT2D eigenvalue weighted by Crippen LogP contribution is 2.41. The molecule has 0 aromatic carbocycles. The third-order valence-electron chi connectivity index (χ3n) is 6.25. The molecular formula is C21H29N5O3. The predicted octanol–water partition coefficient (Wildman–Crippen LogP) is 2.52. The van der Waals surface area contributed by atoms with Gasteiger partial charge in [0.1, 0.15) is 5.82 Å². The van der Waals surface area contributed by atoms with Crippen LogP contribution in [0.2, 0.25) is 0 Å². The molecule has 4 heterocycles. The number of carbonyl (C=O) groups excluding carboxylic acids is 2. The number of aryl methyl sites for hydroxylation is 1. The highest BCUT2D eigenvalue weighted by atomic mass is 16.3. The molecule has 2 aliphatic rings. The molecular weight excluding hydrogens is 370 g/mol. The minimum absolute atomic E-state index is 0.0455. The number of nitrogens with zero attached hydrogens (tertiary/aromatic N) is 4. The van der Waals surface area contributed by atoms with E-state index in [4.69, 9.17) is 4.42 Å². The van der Waals surface area contributed by atoms with Crippen molar-refractivity contribution in [3.63, 3.8) is 0 Å². The maximum absolute atomic E-state index is 12.6. The highest BCUT2D eigenvalue weighted by Gasteiger charge is 2.41. The van der Waals surface area contributed by atoms with Gasteiger partial charge in [0.05, 0.1) is 6.26 Å². The Hall–Kier alpha value is -2.64. The number of hydrogen-bond acceptors (Lipinski definition) is 5. The largest absolute Gasteiger partial charge is 0.459 e. The van der Waals surface area contributed by atoms with Crippen molar-refractivity contribution in [2.75, 3.05) is 19.6 Å². The summed E-state index contributed by atoms with van der Waals surface area (Å²) in [5.41, 5.74) is 0.0856. The molecule has 1 spiro atoms. The molecule has 8 heteroatoms. The third kappa shape index (κ3) is 4.06. The van der Waals surface area contributed by atoms with Crippen molar-refractivity contribution in [2.45, 2.75) is 52.5 Å². The van der Waals surface area contributed by atoms with Crippen molar-refractivity contribution in [1.82, 2.24) is 25.0 Å². The van der Waals surface area contributed by atoms with Gasteiger partial charge in [-0.1, -0.05) is 13.8 Å². The van der Waals surface area contributed by atoms with Crippen molar-refractivity contribution in [3.05, 3.63) is 35.8 Å². The van der Waals surface area contributed by atoms with Crippen molar-refractivity contribution in [3.8, 4) is 0 Å². The highest BCUT2D eigenvalue weighted by molar-refractivity contribution is 5.91. The molecule has 1 fully saturated rings. The summed E-state index contributed by atoms with van der Waals surface area (Å²) < 4.78 is 7.25. The second kappa shape index (κ2) is 8.00. The maximum Gasteiger partial charge on any atom is 0.289 e. The molecule has 4 rings (SSSR count). The topological polar surface area (TPSA) is 93.3 Å². The normalized spacial score (nSPS) is 18.1. The fourth-order valence-electron chi connectivity index (χ4n) is 4.35. The van der Waals surface area contributed by atoms with Gasteiger partial charge < -0.3 is 19.2 Å². The first kappa shape index (κ1) is 19.7. The van der Waals surface area contributed by atoms with Crippen molar-refractivity contribution >= 4 is 11.8 Å². The minimum atomic E-state index is -0.146. The molecule has 2 aliphatic heterocycles. The molecule has 0 radical (unpaired) electrons. The Morgan fingerprint density at radius 3 is 2.72 bits per heavy atom. The van der Waals surface area contributed by atoms with Crippen LogP contribution in [0.3, 0.4) is 0 Å². The molecule has 0 bridgehead atoms. The molecule has 1 saturated heterocycles. The standard InChI is InChI=1S/C21H29N5O3/c1-15(2)6-10-22-19(27)18-24-23-17-5-7-21(14-26(17)18)8-11-25(12-9-21)20(28)16-4-3-13-29-16/h3-4,13,15H,5-12,14H2,1-2H3,(H,22,27). The third-order valence-corrected chi connectivity index (χ3v) is 6.25. The van der Waals surface area contributed by atoms with E-state index >= 15 is 0 Å². The zero-order valence-corrected chi connectivity index (χ0v) is 17.2. The molecule has 156 valence electrons. The molecule has 2 aromatic heterocycles. The fourth-order valence-corrected chi connectivity index (χ4v) is 4.35. The monoisotopic (exact) mass is 399 g/mol. The van der Waals surface area contributed by atoms with Crippen LogP contribution in [0.5, 0.6) is 0 Å². The van der Waals surface area contributed by atoms with E-state index in [0.29, 0.717) is 37.1 Å². The summed E-state index contributed by atoms with van der Waals surface area (Å²) in [6.45, 7) is 7.06. The smallest absolute Gasteiger partial charge is 0.289 e. The second-order valence-corrected chi connectivity index (χ2v) is 8.73. The molecule has 1 N–H and O–H groups in total. The van der Waals surface area contributed by atoms with Gasteiger partial charge in [0.2, 0.25) is 5.82 Å². The summed E-state index contributed by atoms with van der Waals surface area (Å²) in [5, 5.41) is 11.4. The van der Waals surface area contributed by atoms with Gasteiger partial charge in [0.15, 0.2) is 5.76 Å². The molecule has 0 unspecified atom stereocenters. The first-order chi connectivity index (χ1) is 14.0. The average Bonchev–Trinajstić information content (AvgIpc) is 3.37. The second-order valence-electron chi connectivity index (χ2n) is 8.73. The summed E-state index contributed by atoms with van der Waals surface area (Å²) in [6, 6.07) is 3.45. The maximum atomic E-state index is 12.6. The van der Waals surface area contributed by atoms with E-state index in [1.165, 1.54) is 6.26 Å². The lowest BCUT2D eigenvalue weighted by Gasteiger charge is -2.44. The van der Waals surface area contributed by atoms with Crippen LogP contribution in [0, 0.1) is 11.3 Å². The Morgan fingerprint density at radius 1 is 1.24 bits per heavy atom. The lowest BCUT2D eigenvalue weighted by atomic mass is 9.73. The van der Waals surface area contributed by atoms with Gasteiger partial charge in [-0.15, -0.1) is 10.2 Å². The van der Waals surface area contributed by atoms with Gasteiger partial charge in [-0.25, -0.2) is 0 Å². The molecule has 29 heavy (non-hydrogen) atoms. The average molecular weight is 399 g/mol. The van der Waals surface area contributed by atoms with Crippen LogP contribution in [0.25, 0.3) is 0 Å². The number of furan rings is 1. The summed E-state index contributed by atoms with van der Waals surface area (Å²) in [4.78, 5) is 27.0. The Morgan fingerprint density at radius 2 is 2.03 bits per heavy atom. The zero-order valence-electron chi connectivity index (χ0n) is 17.2. The number of hydrogen-bond donors (Lipinski definition) is 1. The van der Waals surface area contributed by atoms with E-state index in [1.54, 1.807) is 12.1 Å². The number of nitrogens with one attached hydrogen (secondary N) is 1. The van der Waals surface area contributed by atoms with Crippen LogP contribution in [0.4, 0.5) is 0 Å². The molecule has 8 nitrogen and oxygen atoms in total. The zero-order chi connectivity index (χ0) is 20.4. The van der Waals surface area contributed by atoms with Gasteiger partial charge >= 0.3 is 0 Å². The van der Waals surface area contributed by atoms with Gasteiger partial charge in [0, 0.05) is 32.6 Å². The summed E-state index contributed by atoms with van der Waals surface area (Å²) in [6.07, 6.45) is 6.12. The van der Waals surface area contributed by atoms with Crippen LogP contribution in [-0.2, 0) is 13.0 Å². The number of likely N-dealkylation sites (tertiary alicyclic amines) is 1. The molecule has 2 aromatic rings. The van der Waals surface area contributed by atoms with E-state index in [-0.39, 0.29) is 17.2 Å². The van der Waals surface area contributed by atoms with Crippen LogP contribution >= 0.6 is 0 Å². The quantitative estimate of drug-likeness (QED) is 0.834. The number of carbonyl (C=O) groups is 2. The molecule has 2 amide bonds. The number of fused-ring (bicyclic) bond motifs is 1. The Labute approximate surface area is 170 Å². The Bertz CT molecular complexity index is 863. The fraction of sp³-hybridized carbons (Fsp3) is 0.619. The summed E-state index contributed by atoms with van der Waals surface area (Å²) in [5.74, 6) is 2.05. The summed E-state index contributed by atoms with van der Waals surface area (Å²) in [7, 11) is 0. The van der Waals surface area contributed by atoms with Crippen molar-refractivity contribution < 1.29 is 14.0 Å². The van der Waals surface area contributed by atoms with Crippen molar-refractivity contribution in [1.29, 1.82) is 0 Å². The number of rotatable bonds is 5. The van der Waals surface area contributed by atoms with Crippen LogP contribution in [0.1, 0.15) is 66.5 Å². The van der Waals surface area contributed by atoms with Crippen molar-refractivity contribution in [2.24, 2.45) is 11.3 Å². The van der Waals surface area contributed by atoms with E-state index < -0.39 is 0 Å².